The molecule has 3 fully saturated rings. The number of pyridine rings is 1. The molecule has 8 nitrogen and oxygen atoms in total. The monoisotopic (exact) mass is 551 g/mol. The van der Waals surface area contributed by atoms with E-state index in [1.807, 2.05) is 29.1 Å². The average Bonchev–Trinajstić information content (AvgIpc) is 3.46. The maximum atomic E-state index is 13.1. The molecule has 9 heteroatoms. The van der Waals surface area contributed by atoms with Gasteiger partial charge in [0, 0.05) is 46.9 Å². The number of carbonyl (C=O) groups is 1. The van der Waals surface area contributed by atoms with Gasteiger partial charge in [-0.05, 0) is 86.3 Å². The average molecular weight is 552 g/mol. The van der Waals surface area contributed by atoms with Crippen molar-refractivity contribution in [3.63, 3.8) is 0 Å². The minimum atomic E-state index is -0.451. The number of carbonyl (C=O) groups excluding carboxylic acids is 1. The smallest absolute Gasteiger partial charge is 0.229 e. The molecule has 3 aliphatic rings. The van der Waals surface area contributed by atoms with Crippen LogP contribution in [0.1, 0.15) is 63.1 Å². The number of aliphatic hydroxyl groups excluding tert-OH is 1. The van der Waals surface area contributed by atoms with Crippen LogP contribution in [0.4, 0.5) is 5.82 Å². The van der Waals surface area contributed by atoms with Crippen molar-refractivity contribution >= 4 is 34.1 Å². The highest BCUT2D eigenvalue weighted by atomic mass is 35.5. The minimum Gasteiger partial charge on any atom is -0.389 e. The number of benzene rings is 1. The van der Waals surface area contributed by atoms with Crippen LogP contribution in [-0.2, 0) is 16.1 Å². The molecule has 0 bridgehead atoms. The summed E-state index contributed by atoms with van der Waals surface area (Å²) in [6.45, 7) is 10.1. The Morgan fingerprint density at radius 3 is 2.77 bits per heavy atom. The topological polar surface area (TPSA) is 92.5 Å². The second-order valence-electron chi connectivity index (χ2n) is 12.2. The lowest BCUT2D eigenvalue weighted by atomic mass is 9.85. The molecule has 1 amide bonds. The van der Waals surface area contributed by atoms with Gasteiger partial charge < -0.3 is 15.2 Å². The van der Waals surface area contributed by atoms with Gasteiger partial charge in [0.2, 0.25) is 5.91 Å². The number of hydrogen-bond acceptors (Lipinski definition) is 6. The standard InChI is InChI=1S/C30H38ClN5O3/c1-18(2)15-36-26(4-7-33-36)23-13-24(23)29(38)34-28-12-20-10-22(25(31)11-21(20)14-32-28)19-5-8-35(9-6-19)30(3)17-39-16-27(30)37/h4,7,10-12,14,18-19,23-24,27,37H,5-6,8-9,13,15-17H2,1-3H3,(H,32,34,38)/t23-,24-,27-,30+/m1/s1. The fraction of sp³-hybridized carbons (Fsp3) is 0.567. The summed E-state index contributed by atoms with van der Waals surface area (Å²) in [5.74, 6) is 1.58. The molecule has 4 atom stereocenters. The van der Waals surface area contributed by atoms with Crippen molar-refractivity contribution in [1.29, 1.82) is 0 Å². The molecule has 6 rings (SSSR count). The third-order valence-electron chi connectivity index (χ3n) is 8.93. The number of halogens is 1. The summed E-state index contributed by atoms with van der Waals surface area (Å²) in [5, 5.41) is 20.7. The Hall–Kier alpha value is -2.52. The van der Waals surface area contributed by atoms with Gasteiger partial charge in [0.1, 0.15) is 5.82 Å². The fourth-order valence-corrected chi connectivity index (χ4v) is 6.73. The van der Waals surface area contributed by atoms with E-state index < -0.39 is 6.10 Å². The summed E-state index contributed by atoms with van der Waals surface area (Å²) in [4.78, 5) is 19.9. The number of fused-ring (bicyclic) bond motifs is 1. The van der Waals surface area contributed by atoms with E-state index in [9.17, 15) is 9.90 Å². The Morgan fingerprint density at radius 2 is 2.05 bits per heavy atom. The third-order valence-corrected chi connectivity index (χ3v) is 9.26. The summed E-state index contributed by atoms with van der Waals surface area (Å²) in [5.41, 5.74) is 1.97. The van der Waals surface area contributed by atoms with Crippen LogP contribution in [0.15, 0.2) is 36.7 Å². The van der Waals surface area contributed by atoms with Crippen molar-refractivity contribution in [3.05, 3.63) is 52.9 Å². The highest BCUT2D eigenvalue weighted by molar-refractivity contribution is 6.32. The van der Waals surface area contributed by atoms with Gasteiger partial charge in [-0.3, -0.25) is 14.4 Å². The Balaban J connectivity index is 1.13. The van der Waals surface area contributed by atoms with Crippen molar-refractivity contribution in [2.24, 2.45) is 11.8 Å². The Bertz CT molecular complexity index is 1370. The SMILES string of the molecule is CC(C)Cn1nccc1[C@@H]1C[C@H]1C(=O)Nc1cc2cc(C3CCN([C@@]4(C)COC[C@H]4O)CC3)c(Cl)cc2cn1. The van der Waals surface area contributed by atoms with Crippen molar-refractivity contribution in [2.45, 2.75) is 70.1 Å². The van der Waals surface area contributed by atoms with Crippen molar-refractivity contribution in [2.75, 3.05) is 31.6 Å². The third kappa shape index (κ3) is 5.20. The van der Waals surface area contributed by atoms with E-state index in [-0.39, 0.29) is 23.3 Å². The van der Waals surface area contributed by atoms with E-state index in [1.165, 1.54) is 0 Å². The number of aliphatic hydroxyl groups is 1. The first kappa shape index (κ1) is 26.7. The van der Waals surface area contributed by atoms with Crippen LogP contribution in [0.5, 0.6) is 0 Å². The van der Waals surface area contributed by atoms with Crippen LogP contribution in [-0.4, -0.2) is 68.6 Å². The molecule has 1 aromatic carbocycles. The molecule has 0 radical (unpaired) electrons. The molecule has 208 valence electrons. The summed E-state index contributed by atoms with van der Waals surface area (Å²) >= 11 is 6.76. The molecule has 2 aromatic heterocycles. The number of nitrogens with zero attached hydrogens (tertiary/aromatic N) is 4. The molecule has 0 spiro atoms. The number of piperidine rings is 1. The zero-order chi connectivity index (χ0) is 27.3. The normalized spacial score (nSPS) is 27.9. The summed E-state index contributed by atoms with van der Waals surface area (Å²) in [6, 6.07) is 8.14. The van der Waals surface area contributed by atoms with E-state index in [0.29, 0.717) is 30.9 Å². The van der Waals surface area contributed by atoms with Gasteiger partial charge in [0.15, 0.2) is 0 Å². The Kier molecular flexibility index (Phi) is 7.16. The van der Waals surface area contributed by atoms with Gasteiger partial charge in [0.05, 0.1) is 24.9 Å². The van der Waals surface area contributed by atoms with Gasteiger partial charge in [-0.15, -0.1) is 0 Å². The van der Waals surface area contributed by atoms with Crippen molar-refractivity contribution in [3.8, 4) is 0 Å². The number of anilines is 1. The molecular formula is C30H38ClN5O3. The maximum absolute atomic E-state index is 13.1. The first-order valence-electron chi connectivity index (χ1n) is 14.2. The van der Waals surface area contributed by atoms with Gasteiger partial charge in [-0.25, -0.2) is 4.98 Å². The van der Waals surface area contributed by atoms with Crippen LogP contribution in [0.25, 0.3) is 10.8 Å². The highest BCUT2D eigenvalue weighted by Crippen LogP contribution is 2.48. The highest BCUT2D eigenvalue weighted by Gasteiger charge is 2.46. The summed E-state index contributed by atoms with van der Waals surface area (Å²) in [7, 11) is 0. The molecule has 4 heterocycles. The molecule has 2 saturated heterocycles. The molecule has 1 aliphatic carbocycles. The van der Waals surface area contributed by atoms with Crippen LogP contribution in [0, 0.1) is 11.8 Å². The molecule has 1 saturated carbocycles. The Morgan fingerprint density at radius 1 is 1.26 bits per heavy atom. The second kappa shape index (κ2) is 10.5. The minimum absolute atomic E-state index is 0.0114. The number of nitrogens with one attached hydrogen (secondary N) is 1. The van der Waals surface area contributed by atoms with Gasteiger partial charge in [-0.1, -0.05) is 25.4 Å². The first-order valence-corrected chi connectivity index (χ1v) is 14.5. The number of likely N-dealkylation sites (tertiary alicyclic amines) is 1. The van der Waals surface area contributed by atoms with E-state index in [0.717, 1.165) is 65.9 Å². The number of aromatic nitrogens is 3. The lowest BCUT2D eigenvalue weighted by Crippen LogP contribution is -2.56. The lowest BCUT2D eigenvalue weighted by Gasteiger charge is -2.43. The van der Waals surface area contributed by atoms with Crippen LogP contribution >= 0.6 is 11.6 Å². The largest absolute Gasteiger partial charge is 0.389 e. The molecule has 2 N–H and O–H groups in total. The van der Waals surface area contributed by atoms with Crippen LogP contribution in [0.2, 0.25) is 5.02 Å². The van der Waals surface area contributed by atoms with Crippen LogP contribution < -0.4 is 5.32 Å². The summed E-state index contributed by atoms with van der Waals surface area (Å²) < 4.78 is 7.59. The van der Waals surface area contributed by atoms with E-state index in [4.69, 9.17) is 16.3 Å². The molecule has 39 heavy (non-hydrogen) atoms. The molecule has 0 unspecified atom stereocenters. The summed E-state index contributed by atoms with van der Waals surface area (Å²) in [6.07, 6.45) is 5.94. The van der Waals surface area contributed by atoms with E-state index >= 15 is 0 Å². The van der Waals surface area contributed by atoms with E-state index in [2.05, 4.69) is 47.1 Å². The van der Waals surface area contributed by atoms with Gasteiger partial charge in [0.25, 0.3) is 0 Å². The number of amides is 1. The predicted molar refractivity (Wildman–Crippen MR) is 152 cm³/mol. The zero-order valence-electron chi connectivity index (χ0n) is 22.9. The maximum Gasteiger partial charge on any atom is 0.229 e. The first-order chi connectivity index (χ1) is 18.7. The lowest BCUT2D eigenvalue weighted by molar-refractivity contribution is -0.117. The Labute approximate surface area is 234 Å². The number of ether oxygens (including phenoxy) is 1. The molecule has 3 aromatic rings. The van der Waals surface area contributed by atoms with Crippen LogP contribution in [0.3, 0.4) is 0 Å². The van der Waals surface area contributed by atoms with Crippen molar-refractivity contribution < 1.29 is 14.6 Å². The molecular weight excluding hydrogens is 514 g/mol. The zero-order valence-corrected chi connectivity index (χ0v) is 23.7. The second-order valence-corrected chi connectivity index (χ2v) is 12.6. The quantitative estimate of drug-likeness (QED) is 0.438. The van der Waals surface area contributed by atoms with Crippen molar-refractivity contribution in [1.82, 2.24) is 19.7 Å². The van der Waals surface area contributed by atoms with Gasteiger partial charge in [-0.2, -0.15) is 5.10 Å². The number of rotatable bonds is 7. The number of hydrogen-bond donors (Lipinski definition) is 2. The van der Waals surface area contributed by atoms with Gasteiger partial charge >= 0.3 is 0 Å². The molecule has 2 aliphatic heterocycles. The fourth-order valence-electron chi connectivity index (χ4n) is 6.41. The predicted octanol–water partition coefficient (Wildman–Crippen LogP) is 4.81. The van der Waals surface area contributed by atoms with E-state index in [1.54, 1.807) is 6.20 Å².